The van der Waals surface area contributed by atoms with E-state index in [0.29, 0.717) is 12.3 Å². The van der Waals surface area contributed by atoms with Crippen LogP contribution in [0.3, 0.4) is 0 Å². The van der Waals surface area contributed by atoms with E-state index in [1.807, 2.05) is 6.92 Å². The Morgan fingerprint density at radius 3 is 2.92 bits per heavy atom. The molecule has 1 amide bonds. The van der Waals surface area contributed by atoms with Gasteiger partial charge in [-0.1, -0.05) is 6.42 Å². The number of fused-ring (bicyclic) bond motifs is 1. The summed E-state index contributed by atoms with van der Waals surface area (Å²) in [6.07, 6.45) is 7.39. The highest BCUT2D eigenvalue weighted by Gasteiger charge is 2.21. The van der Waals surface area contributed by atoms with Crippen LogP contribution in [0.5, 0.6) is 0 Å². The van der Waals surface area contributed by atoms with E-state index >= 15 is 0 Å². The highest BCUT2D eigenvalue weighted by atomic mass is 35.5. The van der Waals surface area contributed by atoms with Crippen LogP contribution in [0.15, 0.2) is 0 Å². The Kier molecular flexibility index (Phi) is 9.02. The summed E-state index contributed by atoms with van der Waals surface area (Å²) in [7, 11) is 0. The molecule has 1 saturated heterocycles. The van der Waals surface area contributed by atoms with Gasteiger partial charge in [0.15, 0.2) is 5.82 Å². The van der Waals surface area contributed by atoms with Crippen molar-refractivity contribution in [3.05, 3.63) is 11.6 Å². The number of aromatic nitrogens is 3. The average Bonchev–Trinajstić information content (AvgIpc) is 3.10. The number of carbonyl (C=O) groups excluding carboxylic acids is 1. The zero-order chi connectivity index (χ0) is 15.4. The Morgan fingerprint density at radius 2 is 2.17 bits per heavy atom. The van der Waals surface area contributed by atoms with Crippen molar-refractivity contribution in [3.8, 4) is 0 Å². The Morgan fingerprint density at radius 1 is 1.33 bits per heavy atom. The van der Waals surface area contributed by atoms with E-state index < -0.39 is 0 Å². The van der Waals surface area contributed by atoms with Gasteiger partial charge in [-0.25, -0.2) is 0 Å². The third kappa shape index (κ3) is 5.33. The fraction of sp³-hybridized carbons (Fsp3) is 0.812. The predicted molar refractivity (Wildman–Crippen MR) is 98.8 cm³/mol. The standard InChI is InChI=1S/C16H27N5O.2ClH/c1-12(18-15(22)7-6-13-8-9-17-11-13)16-20-19-14-5-3-2-4-10-21(14)16;;/h12-13,17H,2-11H2,1H3,(H,18,22);2*1H/t12-,13?;;/m1../s1. The van der Waals surface area contributed by atoms with Crippen LogP contribution in [-0.4, -0.2) is 33.8 Å². The van der Waals surface area contributed by atoms with Gasteiger partial charge in [-0.05, 0) is 51.6 Å². The summed E-state index contributed by atoms with van der Waals surface area (Å²) in [5.41, 5.74) is 0. The van der Waals surface area contributed by atoms with Crippen molar-refractivity contribution in [1.29, 1.82) is 0 Å². The van der Waals surface area contributed by atoms with Crippen LogP contribution in [0.1, 0.15) is 63.1 Å². The molecular weight excluding hydrogens is 349 g/mol. The minimum Gasteiger partial charge on any atom is -0.346 e. The zero-order valence-corrected chi connectivity index (χ0v) is 15.9. The van der Waals surface area contributed by atoms with E-state index in [2.05, 4.69) is 25.4 Å². The van der Waals surface area contributed by atoms with Gasteiger partial charge < -0.3 is 15.2 Å². The van der Waals surface area contributed by atoms with Gasteiger partial charge in [-0.15, -0.1) is 35.0 Å². The van der Waals surface area contributed by atoms with Gasteiger partial charge in [0, 0.05) is 19.4 Å². The maximum absolute atomic E-state index is 12.2. The number of nitrogens with one attached hydrogen (secondary N) is 2. The van der Waals surface area contributed by atoms with Crippen molar-refractivity contribution in [2.75, 3.05) is 13.1 Å². The molecule has 3 rings (SSSR count). The topological polar surface area (TPSA) is 71.8 Å². The number of carbonyl (C=O) groups is 1. The Balaban J connectivity index is 0.00000144. The average molecular weight is 378 g/mol. The summed E-state index contributed by atoms with van der Waals surface area (Å²) < 4.78 is 2.21. The molecule has 138 valence electrons. The van der Waals surface area contributed by atoms with Crippen molar-refractivity contribution in [1.82, 2.24) is 25.4 Å². The first-order chi connectivity index (χ1) is 10.7. The van der Waals surface area contributed by atoms with Gasteiger partial charge in [0.25, 0.3) is 0 Å². The molecule has 0 spiro atoms. The molecule has 2 aliphatic rings. The second-order valence-corrected chi connectivity index (χ2v) is 6.62. The quantitative estimate of drug-likeness (QED) is 0.826. The van der Waals surface area contributed by atoms with E-state index in [9.17, 15) is 4.79 Å². The summed E-state index contributed by atoms with van der Waals surface area (Å²) in [4.78, 5) is 12.2. The molecule has 0 saturated carbocycles. The van der Waals surface area contributed by atoms with Crippen LogP contribution < -0.4 is 10.6 Å². The third-order valence-corrected chi connectivity index (χ3v) is 4.84. The molecule has 1 aromatic rings. The van der Waals surface area contributed by atoms with E-state index in [0.717, 1.165) is 44.1 Å². The predicted octanol–water partition coefficient (Wildman–Crippen LogP) is 2.42. The first-order valence-corrected chi connectivity index (χ1v) is 8.66. The van der Waals surface area contributed by atoms with Gasteiger partial charge >= 0.3 is 0 Å². The summed E-state index contributed by atoms with van der Waals surface area (Å²) in [6.45, 7) is 5.14. The zero-order valence-electron chi connectivity index (χ0n) is 14.3. The Labute approximate surface area is 156 Å². The smallest absolute Gasteiger partial charge is 0.220 e. The largest absolute Gasteiger partial charge is 0.346 e. The molecule has 1 unspecified atom stereocenters. The lowest BCUT2D eigenvalue weighted by atomic mass is 10.0. The van der Waals surface area contributed by atoms with Crippen LogP contribution in [0.2, 0.25) is 0 Å². The maximum atomic E-state index is 12.2. The first kappa shape index (κ1) is 21.2. The molecule has 3 heterocycles. The van der Waals surface area contributed by atoms with Gasteiger partial charge in [0.2, 0.25) is 5.91 Å². The number of hydrogen-bond donors (Lipinski definition) is 2. The van der Waals surface area contributed by atoms with E-state index in [1.165, 1.54) is 25.7 Å². The second kappa shape index (κ2) is 10.2. The molecule has 0 aromatic carbocycles. The normalized spacial score (nSPS) is 21.0. The lowest BCUT2D eigenvalue weighted by molar-refractivity contribution is -0.122. The van der Waals surface area contributed by atoms with Crippen LogP contribution in [0.4, 0.5) is 0 Å². The number of halogens is 2. The van der Waals surface area contributed by atoms with Crippen molar-refractivity contribution < 1.29 is 4.79 Å². The minimum absolute atomic E-state index is 0. The molecule has 2 atom stereocenters. The molecule has 1 fully saturated rings. The fourth-order valence-electron chi connectivity index (χ4n) is 3.50. The first-order valence-electron chi connectivity index (χ1n) is 8.66. The summed E-state index contributed by atoms with van der Waals surface area (Å²) >= 11 is 0. The molecule has 6 nitrogen and oxygen atoms in total. The number of amides is 1. The maximum Gasteiger partial charge on any atom is 0.220 e. The Bertz CT molecular complexity index is 517. The van der Waals surface area contributed by atoms with Crippen LogP contribution in [0, 0.1) is 5.92 Å². The fourth-order valence-corrected chi connectivity index (χ4v) is 3.50. The minimum atomic E-state index is -0.0615. The van der Waals surface area contributed by atoms with Gasteiger partial charge in [0.1, 0.15) is 5.82 Å². The number of aryl methyl sites for hydroxylation is 1. The van der Waals surface area contributed by atoms with Crippen LogP contribution in [-0.2, 0) is 17.8 Å². The molecule has 1 aromatic heterocycles. The van der Waals surface area contributed by atoms with Crippen LogP contribution in [0.25, 0.3) is 0 Å². The second-order valence-electron chi connectivity index (χ2n) is 6.62. The molecular formula is C16H29Cl2N5O. The lowest BCUT2D eigenvalue weighted by Crippen LogP contribution is -2.29. The Hall–Kier alpha value is -0.850. The number of nitrogens with zero attached hydrogens (tertiary/aromatic N) is 3. The van der Waals surface area contributed by atoms with E-state index in [4.69, 9.17) is 0 Å². The highest BCUT2D eigenvalue weighted by Crippen LogP contribution is 2.19. The molecule has 0 radical (unpaired) electrons. The number of hydrogen-bond acceptors (Lipinski definition) is 4. The van der Waals surface area contributed by atoms with Crippen LogP contribution >= 0.6 is 24.8 Å². The van der Waals surface area contributed by atoms with Gasteiger partial charge in [-0.2, -0.15) is 0 Å². The van der Waals surface area contributed by atoms with Crippen molar-refractivity contribution >= 4 is 30.7 Å². The lowest BCUT2D eigenvalue weighted by Gasteiger charge is -2.16. The summed E-state index contributed by atoms with van der Waals surface area (Å²) in [6, 6.07) is -0.0615. The van der Waals surface area contributed by atoms with Gasteiger partial charge in [0.05, 0.1) is 6.04 Å². The summed E-state index contributed by atoms with van der Waals surface area (Å²) in [5.74, 6) is 2.77. The van der Waals surface area contributed by atoms with E-state index in [-0.39, 0.29) is 36.8 Å². The van der Waals surface area contributed by atoms with Gasteiger partial charge in [-0.3, -0.25) is 4.79 Å². The molecule has 24 heavy (non-hydrogen) atoms. The SMILES string of the molecule is C[C@@H](NC(=O)CCC1CCNC1)c1nnc2n1CCCCC2.Cl.Cl. The molecule has 2 aliphatic heterocycles. The molecule has 0 aliphatic carbocycles. The highest BCUT2D eigenvalue weighted by molar-refractivity contribution is 5.85. The van der Waals surface area contributed by atoms with Crippen molar-refractivity contribution in [2.45, 2.75) is 64.5 Å². The number of rotatable bonds is 5. The van der Waals surface area contributed by atoms with E-state index in [1.54, 1.807) is 0 Å². The van der Waals surface area contributed by atoms with Crippen molar-refractivity contribution in [2.24, 2.45) is 5.92 Å². The molecule has 2 N–H and O–H groups in total. The van der Waals surface area contributed by atoms with Crippen molar-refractivity contribution in [3.63, 3.8) is 0 Å². The summed E-state index contributed by atoms with van der Waals surface area (Å²) in [5, 5.41) is 15.1. The third-order valence-electron chi connectivity index (χ3n) is 4.84. The molecule has 0 bridgehead atoms. The monoisotopic (exact) mass is 377 g/mol. The molecule has 8 heteroatoms.